The minimum Gasteiger partial charge on any atom is -0.311 e. The van der Waals surface area contributed by atoms with Gasteiger partial charge >= 0.3 is 0 Å². The third-order valence-electron chi connectivity index (χ3n) is 2.02. The summed E-state index contributed by atoms with van der Waals surface area (Å²) in [5, 5.41) is 7.67. The monoisotopic (exact) mass is 255 g/mol. The Morgan fingerprint density at radius 1 is 1.35 bits per heavy atom. The first kappa shape index (κ1) is 11.7. The van der Waals surface area contributed by atoms with Crippen molar-refractivity contribution in [2.45, 2.75) is 10.1 Å². The predicted molar refractivity (Wildman–Crippen MR) is 56.9 cm³/mol. The number of benzene rings is 1. The number of aldehydes is 1. The van der Waals surface area contributed by atoms with Crippen molar-refractivity contribution in [3.05, 3.63) is 35.7 Å². The van der Waals surface area contributed by atoms with Gasteiger partial charge in [-0.25, -0.2) is 8.78 Å². The Bertz CT molecular complexity index is 547. The Morgan fingerprint density at radius 3 is 2.47 bits per heavy atom. The zero-order chi connectivity index (χ0) is 12.4. The van der Waals surface area contributed by atoms with Crippen LogP contribution in [0.2, 0.25) is 0 Å². The van der Waals surface area contributed by atoms with Crippen LogP contribution in [-0.2, 0) is 7.05 Å². The van der Waals surface area contributed by atoms with Gasteiger partial charge in [0.25, 0.3) is 0 Å². The van der Waals surface area contributed by atoms with Gasteiger partial charge in [-0.05, 0) is 23.9 Å². The SMILES string of the molecule is Cn1cnnc1Sc1c(F)cc(C=O)cc1F. The average molecular weight is 255 g/mol. The second-order valence-electron chi connectivity index (χ2n) is 3.26. The maximum atomic E-state index is 13.5. The molecular weight excluding hydrogens is 248 g/mol. The molecule has 17 heavy (non-hydrogen) atoms. The van der Waals surface area contributed by atoms with Gasteiger partial charge < -0.3 is 4.57 Å². The van der Waals surface area contributed by atoms with E-state index in [1.165, 1.54) is 10.9 Å². The van der Waals surface area contributed by atoms with Gasteiger partial charge in [-0.2, -0.15) is 0 Å². The lowest BCUT2D eigenvalue weighted by atomic mass is 10.2. The van der Waals surface area contributed by atoms with E-state index in [1.807, 2.05) is 0 Å². The lowest BCUT2D eigenvalue weighted by Gasteiger charge is -2.04. The van der Waals surface area contributed by atoms with E-state index in [2.05, 4.69) is 10.2 Å². The van der Waals surface area contributed by atoms with Crippen LogP contribution in [0.25, 0.3) is 0 Å². The molecule has 0 fully saturated rings. The molecule has 0 saturated carbocycles. The first-order valence-electron chi connectivity index (χ1n) is 4.58. The fourth-order valence-electron chi connectivity index (χ4n) is 1.20. The van der Waals surface area contributed by atoms with Crippen molar-refractivity contribution in [1.29, 1.82) is 0 Å². The van der Waals surface area contributed by atoms with Crippen LogP contribution in [-0.4, -0.2) is 21.1 Å². The van der Waals surface area contributed by atoms with E-state index < -0.39 is 11.6 Å². The van der Waals surface area contributed by atoms with E-state index in [0.29, 0.717) is 11.4 Å². The van der Waals surface area contributed by atoms with Crippen molar-refractivity contribution in [2.24, 2.45) is 7.05 Å². The average Bonchev–Trinajstić information content (AvgIpc) is 2.69. The molecule has 0 radical (unpaired) electrons. The maximum absolute atomic E-state index is 13.5. The molecule has 0 amide bonds. The molecule has 2 aromatic rings. The third kappa shape index (κ3) is 2.33. The van der Waals surface area contributed by atoms with E-state index in [9.17, 15) is 13.6 Å². The second-order valence-corrected chi connectivity index (χ2v) is 4.24. The van der Waals surface area contributed by atoms with Gasteiger partial charge in [-0.1, -0.05) is 0 Å². The third-order valence-corrected chi connectivity index (χ3v) is 3.17. The first-order chi connectivity index (χ1) is 8.11. The Morgan fingerprint density at radius 2 is 2.00 bits per heavy atom. The minimum atomic E-state index is -0.792. The molecule has 88 valence electrons. The second kappa shape index (κ2) is 4.62. The summed E-state index contributed by atoms with van der Waals surface area (Å²) in [6.45, 7) is 0. The molecule has 0 atom stereocenters. The molecule has 0 saturated heterocycles. The highest BCUT2D eigenvalue weighted by molar-refractivity contribution is 7.99. The molecule has 4 nitrogen and oxygen atoms in total. The van der Waals surface area contributed by atoms with Gasteiger partial charge in [0.15, 0.2) is 5.16 Å². The van der Waals surface area contributed by atoms with Crippen LogP contribution in [0.4, 0.5) is 8.78 Å². The fraction of sp³-hybridized carbons (Fsp3) is 0.100. The van der Waals surface area contributed by atoms with Crippen LogP contribution in [0.3, 0.4) is 0 Å². The minimum absolute atomic E-state index is 0.0395. The smallest absolute Gasteiger partial charge is 0.195 e. The standard InChI is InChI=1S/C10H7F2N3OS/c1-15-5-13-14-10(15)17-9-7(11)2-6(4-16)3-8(9)12/h2-5H,1H3. The van der Waals surface area contributed by atoms with Gasteiger partial charge in [0.2, 0.25) is 0 Å². The Hall–Kier alpha value is -1.76. The highest BCUT2D eigenvalue weighted by Gasteiger charge is 2.15. The lowest BCUT2D eigenvalue weighted by molar-refractivity contribution is 0.112. The van der Waals surface area contributed by atoms with Crippen LogP contribution in [0.1, 0.15) is 10.4 Å². The predicted octanol–water partition coefficient (Wildman–Crippen LogP) is 2.06. The number of carbonyl (C=O) groups is 1. The quantitative estimate of drug-likeness (QED) is 0.788. The molecule has 1 heterocycles. The lowest BCUT2D eigenvalue weighted by Crippen LogP contribution is -1.95. The number of carbonyl (C=O) groups excluding carboxylic acids is 1. The van der Waals surface area contributed by atoms with Gasteiger partial charge in [-0.3, -0.25) is 4.79 Å². The first-order valence-corrected chi connectivity index (χ1v) is 5.39. The number of halogens is 2. The zero-order valence-corrected chi connectivity index (χ0v) is 9.54. The molecule has 0 aliphatic rings. The molecule has 0 unspecified atom stereocenters. The highest BCUT2D eigenvalue weighted by atomic mass is 32.2. The van der Waals surface area contributed by atoms with Crippen LogP contribution < -0.4 is 0 Å². The van der Waals surface area contributed by atoms with Crippen molar-refractivity contribution < 1.29 is 13.6 Å². The molecule has 1 aromatic heterocycles. The van der Waals surface area contributed by atoms with E-state index >= 15 is 0 Å². The molecule has 1 aromatic carbocycles. The molecule has 0 aliphatic carbocycles. The number of hydrogen-bond donors (Lipinski definition) is 0. The van der Waals surface area contributed by atoms with Crippen molar-refractivity contribution in [3.8, 4) is 0 Å². The molecule has 0 aliphatic heterocycles. The summed E-state index contributed by atoms with van der Waals surface area (Å²) in [5.74, 6) is -1.58. The summed E-state index contributed by atoms with van der Waals surface area (Å²) in [6, 6.07) is 1.96. The summed E-state index contributed by atoms with van der Waals surface area (Å²) < 4.78 is 28.6. The molecular formula is C10H7F2N3OS. The van der Waals surface area contributed by atoms with Crippen molar-refractivity contribution in [3.63, 3.8) is 0 Å². The van der Waals surface area contributed by atoms with Gasteiger partial charge in [-0.15, -0.1) is 10.2 Å². The Kier molecular flexibility index (Phi) is 3.19. The molecule has 0 bridgehead atoms. The number of nitrogens with zero attached hydrogens (tertiary/aromatic N) is 3. The van der Waals surface area contributed by atoms with E-state index in [4.69, 9.17) is 0 Å². The van der Waals surface area contributed by atoms with E-state index in [-0.39, 0.29) is 10.5 Å². The number of aryl methyl sites for hydroxylation is 1. The largest absolute Gasteiger partial charge is 0.311 e. The van der Waals surface area contributed by atoms with Crippen molar-refractivity contribution in [1.82, 2.24) is 14.8 Å². The van der Waals surface area contributed by atoms with Gasteiger partial charge in [0.1, 0.15) is 24.2 Å². The van der Waals surface area contributed by atoms with Crippen LogP contribution >= 0.6 is 11.8 Å². The summed E-state index contributed by atoms with van der Waals surface area (Å²) in [5.41, 5.74) is -0.0395. The number of rotatable bonds is 3. The molecule has 0 N–H and O–H groups in total. The maximum Gasteiger partial charge on any atom is 0.195 e. The Labute approximate surface area is 99.7 Å². The van der Waals surface area contributed by atoms with Crippen LogP contribution in [0.15, 0.2) is 28.5 Å². The van der Waals surface area contributed by atoms with Crippen LogP contribution in [0, 0.1) is 11.6 Å². The molecule has 7 heteroatoms. The topological polar surface area (TPSA) is 47.8 Å². The Balaban J connectivity index is 2.40. The van der Waals surface area contributed by atoms with Gasteiger partial charge in [0.05, 0.1) is 4.90 Å². The molecule has 2 rings (SSSR count). The number of aromatic nitrogens is 3. The van der Waals surface area contributed by atoms with Gasteiger partial charge in [0, 0.05) is 12.6 Å². The highest BCUT2D eigenvalue weighted by Crippen LogP contribution is 2.30. The summed E-state index contributed by atoms with van der Waals surface area (Å²) >= 11 is 0.817. The summed E-state index contributed by atoms with van der Waals surface area (Å²) in [6.07, 6.45) is 1.82. The van der Waals surface area contributed by atoms with Crippen molar-refractivity contribution in [2.75, 3.05) is 0 Å². The van der Waals surface area contributed by atoms with E-state index in [0.717, 1.165) is 23.9 Å². The normalized spacial score (nSPS) is 10.5. The van der Waals surface area contributed by atoms with E-state index in [1.54, 1.807) is 7.05 Å². The summed E-state index contributed by atoms with van der Waals surface area (Å²) in [4.78, 5) is 10.2. The number of hydrogen-bond acceptors (Lipinski definition) is 4. The summed E-state index contributed by atoms with van der Waals surface area (Å²) in [7, 11) is 1.66. The van der Waals surface area contributed by atoms with Crippen molar-refractivity contribution >= 4 is 18.0 Å². The zero-order valence-electron chi connectivity index (χ0n) is 8.72. The molecule has 0 spiro atoms. The fourth-order valence-corrected chi connectivity index (χ4v) is 1.98. The van der Waals surface area contributed by atoms with Crippen LogP contribution in [0.5, 0.6) is 0 Å².